The van der Waals surface area contributed by atoms with E-state index in [9.17, 15) is 4.39 Å². The Kier molecular flexibility index (Phi) is 4.42. The van der Waals surface area contributed by atoms with E-state index >= 15 is 0 Å². The van der Waals surface area contributed by atoms with Gasteiger partial charge in [-0.3, -0.25) is 0 Å². The molecule has 0 aliphatic heterocycles. The van der Waals surface area contributed by atoms with Gasteiger partial charge in [0.15, 0.2) is 5.15 Å². The Balaban J connectivity index is 2.28. The highest BCUT2D eigenvalue weighted by atomic mass is 79.9. The van der Waals surface area contributed by atoms with Gasteiger partial charge in [0.1, 0.15) is 5.82 Å². The fourth-order valence-corrected chi connectivity index (χ4v) is 2.80. The van der Waals surface area contributed by atoms with Crippen molar-refractivity contribution in [2.45, 2.75) is 19.9 Å². The molecule has 1 unspecified atom stereocenters. The van der Waals surface area contributed by atoms with Crippen molar-refractivity contribution in [1.82, 2.24) is 4.98 Å². The van der Waals surface area contributed by atoms with Crippen molar-refractivity contribution in [2.24, 2.45) is 0 Å². The zero-order valence-electron chi connectivity index (χ0n) is 10.5. The summed E-state index contributed by atoms with van der Waals surface area (Å²) in [5, 5.41) is 3.74. The summed E-state index contributed by atoms with van der Waals surface area (Å²) in [6.07, 6.45) is 1.67. The third-order valence-electron chi connectivity index (χ3n) is 2.90. The first kappa shape index (κ1) is 14.3. The predicted octanol–water partition coefficient (Wildman–Crippen LogP) is 5.12. The Labute approximate surface area is 125 Å². The van der Waals surface area contributed by atoms with Crippen LogP contribution in [0.3, 0.4) is 0 Å². The van der Waals surface area contributed by atoms with Gasteiger partial charge < -0.3 is 5.32 Å². The summed E-state index contributed by atoms with van der Waals surface area (Å²) < 4.78 is 13.8. The molecule has 0 spiro atoms. The van der Waals surface area contributed by atoms with Crippen molar-refractivity contribution in [3.8, 4) is 0 Å². The number of hydrogen-bond acceptors (Lipinski definition) is 2. The average molecular weight is 344 g/mol. The quantitative estimate of drug-likeness (QED) is 0.783. The van der Waals surface area contributed by atoms with Crippen LogP contribution in [0.1, 0.15) is 24.1 Å². The summed E-state index contributed by atoms with van der Waals surface area (Å²) in [4.78, 5) is 4.05. The molecule has 0 aliphatic carbocycles. The fraction of sp³-hybridized carbons (Fsp3) is 0.214. The van der Waals surface area contributed by atoms with Crippen molar-refractivity contribution >= 4 is 33.2 Å². The summed E-state index contributed by atoms with van der Waals surface area (Å²) in [7, 11) is 0. The van der Waals surface area contributed by atoms with E-state index in [1.165, 1.54) is 12.1 Å². The van der Waals surface area contributed by atoms with E-state index in [0.29, 0.717) is 5.15 Å². The standard InChI is InChI=1S/C14H13BrClFN2/c1-8-5-6-18-14(16)13(8)19-9(2)11-4-3-10(17)7-12(11)15/h3-7,9,19H,1-2H3. The number of pyridine rings is 1. The van der Waals surface area contributed by atoms with Crippen molar-refractivity contribution in [3.63, 3.8) is 0 Å². The molecule has 0 fully saturated rings. The lowest BCUT2D eigenvalue weighted by Crippen LogP contribution is -2.09. The number of nitrogens with one attached hydrogen (secondary N) is 1. The molecule has 0 saturated heterocycles. The van der Waals surface area contributed by atoms with E-state index in [0.717, 1.165) is 21.3 Å². The molecule has 2 nitrogen and oxygen atoms in total. The number of hydrogen-bond donors (Lipinski definition) is 1. The van der Waals surface area contributed by atoms with Crippen LogP contribution in [-0.2, 0) is 0 Å². The Hall–Kier alpha value is -1.13. The van der Waals surface area contributed by atoms with Crippen LogP contribution in [0.25, 0.3) is 0 Å². The zero-order chi connectivity index (χ0) is 14.0. The molecule has 19 heavy (non-hydrogen) atoms. The minimum absolute atomic E-state index is 0.0182. The van der Waals surface area contributed by atoms with Gasteiger partial charge in [0.2, 0.25) is 0 Å². The van der Waals surface area contributed by atoms with Crippen LogP contribution in [-0.4, -0.2) is 4.98 Å². The van der Waals surface area contributed by atoms with Crippen LogP contribution in [0, 0.1) is 12.7 Å². The van der Waals surface area contributed by atoms with Gasteiger partial charge in [-0.2, -0.15) is 0 Å². The fourth-order valence-electron chi connectivity index (χ4n) is 1.85. The summed E-state index contributed by atoms with van der Waals surface area (Å²) in [6, 6.07) is 6.51. The van der Waals surface area contributed by atoms with Crippen molar-refractivity contribution in [2.75, 3.05) is 5.32 Å². The Bertz CT molecular complexity index is 584. The summed E-state index contributed by atoms with van der Waals surface area (Å²) in [5.74, 6) is -0.265. The lowest BCUT2D eigenvalue weighted by Gasteiger charge is -2.19. The first-order valence-corrected chi connectivity index (χ1v) is 6.98. The maximum atomic E-state index is 13.1. The van der Waals surface area contributed by atoms with E-state index < -0.39 is 0 Å². The van der Waals surface area contributed by atoms with Crippen molar-refractivity contribution < 1.29 is 4.39 Å². The Morgan fingerprint density at radius 3 is 2.74 bits per heavy atom. The molecule has 1 atom stereocenters. The van der Waals surface area contributed by atoms with E-state index in [4.69, 9.17) is 11.6 Å². The van der Waals surface area contributed by atoms with Gasteiger partial charge in [-0.25, -0.2) is 9.37 Å². The van der Waals surface area contributed by atoms with Gasteiger partial charge in [0.25, 0.3) is 0 Å². The van der Waals surface area contributed by atoms with Gasteiger partial charge >= 0.3 is 0 Å². The highest BCUT2D eigenvalue weighted by molar-refractivity contribution is 9.10. The number of aryl methyl sites for hydroxylation is 1. The first-order chi connectivity index (χ1) is 8.99. The number of nitrogens with zero attached hydrogens (tertiary/aromatic N) is 1. The SMILES string of the molecule is Cc1ccnc(Cl)c1NC(C)c1ccc(F)cc1Br. The smallest absolute Gasteiger partial charge is 0.152 e. The lowest BCUT2D eigenvalue weighted by molar-refractivity contribution is 0.625. The average Bonchev–Trinajstić information content (AvgIpc) is 2.33. The number of aromatic nitrogens is 1. The minimum Gasteiger partial charge on any atom is -0.376 e. The van der Waals surface area contributed by atoms with E-state index in [1.807, 2.05) is 19.9 Å². The summed E-state index contributed by atoms with van der Waals surface area (Å²) in [6.45, 7) is 3.95. The molecule has 0 aliphatic rings. The first-order valence-electron chi connectivity index (χ1n) is 5.81. The second-order valence-electron chi connectivity index (χ2n) is 4.33. The highest BCUT2D eigenvalue weighted by Gasteiger charge is 2.13. The third kappa shape index (κ3) is 3.25. The molecule has 1 aromatic heterocycles. The number of anilines is 1. The summed E-state index contributed by atoms with van der Waals surface area (Å²) in [5.41, 5.74) is 2.78. The van der Waals surface area contributed by atoms with Gasteiger partial charge in [-0.1, -0.05) is 33.6 Å². The molecule has 1 heterocycles. The molecule has 100 valence electrons. The predicted molar refractivity (Wildman–Crippen MR) is 80.1 cm³/mol. The normalized spacial score (nSPS) is 12.3. The van der Waals surface area contributed by atoms with Gasteiger partial charge in [-0.05, 0) is 43.2 Å². The second kappa shape index (κ2) is 5.88. The molecule has 2 rings (SSSR count). The number of halogens is 3. The van der Waals surface area contributed by atoms with E-state index in [1.54, 1.807) is 12.3 Å². The van der Waals surface area contributed by atoms with E-state index in [-0.39, 0.29) is 11.9 Å². The molecule has 1 aromatic carbocycles. The Morgan fingerprint density at radius 1 is 1.37 bits per heavy atom. The van der Waals surface area contributed by atoms with Crippen LogP contribution in [0.4, 0.5) is 10.1 Å². The van der Waals surface area contributed by atoms with Gasteiger partial charge in [0.05, 0.1) is 5.69 Å². The molecule has 0 bridgehead atoms. The largest absolute Gasteiger partial charge is 0.376 e. The van der Waals surface area contributed by atoms with E-state index in [2.05, 4.69) is 26.2 Å². The molecule has 0 saturated carbocycles. The monoisotopic (exact) mass is 342 g/mol. The van der Waals surface area contributed by atoms with Crippen LogP contribution >= 0.6 is 27.5 Å². The highest BCUT2D eigenvalue weighted by Crippen LogP contribution is 2.30. The molecule has 0 amide bonds. The van der Waals surface area contributed by atoms with Crippen LogP contribution < -0.4 is 5.32 Å². The Morgan fingerprint density at radius 2 is 2.11 bits per heavy atom. The van der Waals surface area contributed by atoms with Crippen molar-refractivity contribution in [3.05, 3.63) is 57.0 Å². The number of rotatable bonds is 3. The molecular formula is C14H13BrClFN2. The van der Waals surface area contributed by atoms with Crippen LogP contribution in [0.5, 0.6) is 0 Å². The van der Waals surface area contributed by atoms with Gasteiger partial charge in [0, 0.05) is 16.7 Å². The maximum absolute atomic E-state index is 13.1. The molecule has 0 radical (unpaired) electrons. The lowest BCUT2D eigenvalue weighted by atomic mass is 10.1. The molecule has 2 aromatic rings. The topological polar surface area (TPSA) is 24.9 Å². The van der Waals surface area contributed by atoms with Gasteiger partial charge in [-0.15, -0.1) is 0 Å². The number of benzene rings is 1. The molecular weight excluding hydrogens is 331 g/mol. The molecule has 5 heteroatoms. The maximum Gasteiger partial charge on any atom is 0.152 e. The van der Waals surface area contributed by atoms with Crippen LogP contribution in [0.2, 0.25) is 5.15 Å². The summed E-state index contributed by atoms with van der Waals surface area (Å²) >= 11 is 9.45. The van der Waals surface area contributed by atoms with Crippen LogP contribution in [0.15, 0.2) is 34.9 Å². The second-order valence-corrected chi connectivity index (χ2v) is 5.54. The molecule has 1 N–H and O–H groups in total. The minimum atomic E-state index is -0.265. The zero-order valence-corrected chi connectivity index (χ0v) is 12.9. The third-order valence-corrected chi connectivity index (χ3v) is 3.88. The van der Waals surface area contributed by atoms with Crippen molar-refractivity contribution in [1.29, 1.82) is 0 Å².